The molecule has 0 spiro atoms. The maximum atomic E-state index is 13.2. The third kappa shape index (κ3) is 4.38. The number of rotatable bonds is 3. The second-order valence-corrected chi connectivity index (χ2v) is 4.54. The van der Waals surface area contributed by atoms with Gasteiger partial charge in [-0.25, -0.2) is 8.78 Å². The van der Waals surface area contributed by atoms with Crippen LogP contribution in [0.15, 0.2) is 18.2 Å². The number of carbonyl (C=O) groups is 1. The molecule has 0 aliphatic heterocycles. The quantitative estimate of drug-likeness (QED) is 0.829. The van der Waals surface area contributed by atoms with Crippen molar-refractivity contribution in [2.45, 2.75) is 26.4 Å². The smallest absolute Gasteiger partial charge is 0.325 e. The van der Waals surface area contributed by atoms with Gasteiger partial charge in [0.25, 0.3) is 0 Å². The minimum atomic E-state index is -0.742. The molecule has 0 radical (unpaired) electrons. The number of hydrogen-bond acceptors (Lipinski definition) is 3. The number of esters is 1. The number of anilines is 1. The fourth-order valence-electron chi connectivity index (χ4n) is 1.20. The van der Waals surface area contributed by atoms with Crippen LogP contribution in [0.5, 0.6) is 0 Å². The Morgan fingerprint density at radius 3 is 2.29 bits per heavy atom. The Balaban J connectivity index is 2.59. The molecule has 1 aromatic rings. The molecule has 1 aromatic carbocycles. The summed E-state index contributed by atoms with van der Waals surface area (Å²) in [6, 6.07) is 3.48. The van der Waals surface area contributed by atoms with Crippen molar-refractivity contribution < 1.29 is 18.3 Å². The second kappa shape index (κ2) is 5.12. The standard InChI is InChI=1S/C12H15F2NO2/c1-12(2,3)17-10(16)7-15-11-8(13)5-4-6-9(11)14/h4-6,15H,7H2,1-3H3. The summed E-state index contributed by atoms with van der Waals surface area (Å²) in [4.78, 5) is 11.3. The van der Waals surface area contributed by atoms with E-state index in [4.69, 9.17) is 4.74 Å². The van der Waals surface area contributed by atoms with Crippen molar-refractivity contribution in [1.82, 2.24) is 0 Å². The molecule has 0 aliphatic rings. The molecule has 3 nitrogen and oxygen atoms in total. The molecule has 0 saturated heterocycles. The Bertz CT molecular complexity index is 393. The van der Waals surface area contributed by atoms with E-state index in [1.807, 2.05) is 0 Å². The van der Waals surface area contributed by atoms with E-state index in [-0.39, 0.29) is 12.2 Å². The number of benzene rings is 1. The molecule has 17 heavy (non-hydrogen) atoms. The highest BCUT2D eigenvalue weighted by atomic mass is 19.1. The summed E-state index contributed by atoms with van der Waals surface area (Å²) in [5.74, 6) is -2.05. The number of para-hydroxylation sites is 1. The summed E-state index contributed by atoms with van der Waals surface area (Å²) in [5, 5.41) is 2.38. The lowest BCUT2D eigenvalue weighted by atomic mass is 10.2. The zero-order valence-corrected chi connectivity index (χ0v) is 10.0. The van der Waals surface area contributed by atoms with Crippen LogP contribution in [0, 0.1) is 11.6 Å². The predicted molar refractivity (Wildman–Crippen MR) is 60.7 cm³/mol. The minimum Gasteiger partial charge on any atom is -0.459 e. The van der Waals surface area contributed by atoms with Gasteiger partial charge < -0.3 is 10.1 Å². The molecule has 1 rings (SSSR count). The largest absolute Gasteiger partial charge is 0.459 e. The van der Waals surface area contributed by atoms with Crippen LogP contribution >= 0.6 is 0 Å². The van der Waals surface area contributed by atoms with Gasteiger partial charge in [-0.3, -0.25) is 4.79 Å². The Hall–Kier alpha value is -1.65. The van der Waals surface area contributed by atoms with E-state index in [1.54, 1.807) is 20.8 Å². The van der Waals surface area contributed by atoms with E-state index in [9.17, 15) is 13.6 Å². The molecule has 0 aliphatic carbocycles. The van der Waals surface area contributed by atoms with Crippen LogP contribution in [0.2, 0.25) is 0 Å². The normalized spacial score (nSPS) is 11.1. The highest BCUT2D eigenvalue weighted by Gasteiger charge is 2.17. The van der Waals surface area contributed by atoms with E-state index in [0.29, 0.717) is 0 Å². The zero-order chi connectivity index (χ0) is 13.1. The summed E-state index contributed by atoms with van der Waals surface area (Å²) in [7, 11) is 0. The van der Waals surface area contributed by atoms with Gasteiger partial charge in [-0.15, -0.1) is 0 Å². The Morgan fingerprint density at radius 2 is 1.82 bits per heavy atom. The summed E-state index contributed by atoms with van der Waals surface area (Å²) in [6.07, 6.45) is 0. The van der Waals surface area contributed by atoms with E-state index in [2.05, 4.69) is 5.32 Å². The molecular formula is C12H15F2NO2. The third-order valence-corrected chi connectivity index (χ3v) is 1.79. The number of ether oxygens (including phenoxy) is 1. The monoisotopic (exact) mass is 243 g/mol. The third-order valence-electron chi connectivity index (χ3n) is 1.79. The average molecular weight is 243 g/mol. The molecule has 0 saturated carbocycles. The van der Waals surface area contributed by atoms with Gasteiger partial charge in [0.2, 0.25) is 0 Å². The molecule has 0 atom stereocenters. The van der Waals surface area contributed by atoms with Gasteiger partial charge in [-0.2, -0.15) is 0 Å². The topological polar surface area (TPSA) is 38.3 Å². The summed E-state index contributed by atoms with van der Waals surface area (Å²) in [6.45, 7) is 4.87. The zero-order valence-electron chi connectivity index (χ0n) is 10.0. The summed E-state index contributed by atoms with van der Waals surface area (Å²) in [5.41, 5.74) is -0.939. The lowest BCUT2D eigenvalue weighted by Gasteiger charge is -2.19. The first-order chi connectivity index (χ1) is 7.79. The van der Waals surface area contributed by atoms with Crippen LogP contribution in [0.25, 0.3) is 0 Å². The van der Waals surface area contributed by atoms with Crippen LogP contribution in [0.1, 0.15) is 20.8 Å². The van der Waals surface area contributed by atoms with Gasteiger partial charge in [0.15, 0.2) is 0 Å². The maximum Gasteiger partial charge on any atom is 0.325 e. The molecule has 1 N–H and O–H groups in total. The van der Waals surface area contributed by atoms with Crippen molar-refractivity contribution in [1.29, 1.82) is 0 Å². The highest BCUT2D eigenvalue weighted by Crippen LogP contribution is 2.17. The van der Waals surface area contributed by atoms with E-state index in [1.165, 1.54) is 6.07 Å². The van der Waals surface area contributed by atoms with Crippen molar-refractivity contribution in [3.05, 3.63) is 29.8 Å². The number of halogens is 2. The fourth-order valence-corrected chi connectivity index (χ4v) is 1.20. The first-order valence-electron chi connectivity index (χ1n) is 5.19. The SMILES string of the molecule is CC(C)(C)OC(=O)CNc1c(F)cccc1F. The lowest BCUT2D eigenvalue weighted by Crippen LogP contribution is -2.28. The van der Waals surface area contributed by atoms with Gasteiger partial charge in [0.05, 0.1) is 0 Å². The van der Waals surface area contributed by atoms with Crippen LogP contribution in [0.3, 0.4) is 0 Å². The van der Waals surface area contributed by atoms with E-state index in [0.717, 1.165) is 12.1 Å². The predicted octanol–water partition coefficient (Wildman–Crippen LogP) is 2.72. The highest BCUT2D eigenvalue weighted by molar-refractivity contribution is 5.75. The fraction of sp³-hybridized carbons (Fsp3) is 0.417. The van der Waals surface area contributed by atoms with Crippen LogP contribution in [0.4, 0.5) is 14.5 Å². The Morgan fingerprint density at radius 1 is 1.29 bits per heavy atom. The number of hydrogen-bond donors (Lipinski definition) is 1. The molecule has 5 heteroatoms. The molecule has 0 bridgehead atoms. The Kier molecular flexibility index (Phi) is 4.04. The van der Waals surface area contributed by atoms with Crippen LogP contribution in [-0.2, 0) is 9.53 Å². The molecule has 0 aromatic heterocycles. The van der Waals surface area contributed by atoms with Gasteiger partial charge in [-0.1, -0.05) is 6.07 Å². The van der Waals surface area contributed by atoms with Crippen molar-refractivity contribution in [3.63, 3.8) is 0 Å². The molecule has 0 heterocycles. The molecule has 0 fully saturated rings. The molecule has 94 valence electrons. The van der Waals surface area contributed by atoms with Crippen LogP contribution in [-0.4, -0.2) is 18.1 Å². The first-order valence-corrected chi connectivity index (χ1v) is 5.19. The molecular weight excluding hydrogens is 228 g/mol. The molecule has 0 unspecified atom stereocenters. The van der Waals surface area contributed by atoms with Crippen LogP contribution < -0.4 is 5.32 Å². The summed E-state index contributed by atoms with van der Waals surface area (Å²) >= 11 is 0. The summed E-state index contributed by atoms with van der Waals surface area (Å²) < 4.78 is 31.4. The van der Waals surface area contributed by atoms with Crippen molar-refractivity contribution >= 4 is 11.7 Å². The van der Waals surface area contributed by atoms with Crippen molar-refractivity contribution in [3.8, 4) is 0 Å². The number of carbonyl (C=O) groups excluding carboxylic acids is 1. The Labute approximate surface area is 98.8 Å². The second-order valence-electron chi connectivity index (χ2n) is 4.54. The van der Waals surface area contributed by atoms with E-state index < -0.39 is 23.2 Å². The minimum absolute atomic E-state index is 0.283. The number of nitrogens with one attached hydrogen (secondary N) is 1. The maximum absolute atomic E-state index is 13.2. The van der Waals surface area contributed by atoms with Gasteiger partial charge in [0, 0.05) is 0 Å². The first kappa shape index (κ1) is 13.4. The average Bonchev–Trinajstić information content (AvgIpc) is 2.14. The van der Waals surface area contributed by atoms with Crippen molar-refractivity contribution in [2.75, 3.05) is 11.9 Å². The van der Waals surface area contributed by atoms with Gasteiger partial charge >= 0.3 is 5.97 Å². The molecule has 0 amide bonds. The van der Waals surface area contributed by atoms with E-state index >= 15 is 0 Å². The van der Waals surface area contributed by atoms with Gasteiger partial charge in [0.1, 0.15) is 29.5 Å². The van der Waals surface area contributed by atoms with Crippen molar-refractivity contribution in [2.24, 2.45) is 0 Å². The lowest BCUT2D eigenvalue weighted by molar-refractivity contribution is -0.152. The van der Waals surface area contributed by atoms with Gasteiger partial charge in [-0.05, 0) is 32.9 Å².